The number of aromatic nitrogens is 4. The predicted molar refractivity (Wildman–Crippen MR) is 144 cm³/mol. The molecule has 0 bridgehead atoms. The fourth-order valence-electron chi connectivity index (χ4n) is 4.63. The van der Waals surface area contributed by atoms with Crippen molar-refractivity contribution in [2.24, 2.45) is 5.73 Å². The summed E-state index contributed by atoms with van der Waals surface area (Å²) >= 11 is 0. The van der Waals surface area contributed by atoms with Gasteiger partial charge in [-0.05, 0) is 50.1 Å². The molecule has 0 aliphatic carbocycles. The lowest BCUT2D eigenvalue weighted by molar-refractivity contribution is -0.183. The molecular formula is C25H28Cl2F3N7O. The van der Waals surface area contributed by atoms with E-state index in [1.807, 2.05) is 19.9 Å². The van der Waals surface area contributed by atoms with Gasteiger partial charge in [0.15, 0.2) is 11.5 Å². The fraction of sp³-hybridized carbons (Fsp3) is 0.360. The Morgan fingerprint density at radius 3 is 2.50 bits per heavy atom. The number of fused-ring (bicyclic) bond motifs is 2. The van der Waals surface area contributed by atoms with Gasteiger partial charge in [0.1, 0.15) is 11.7 Å². The number of benzene rings is 1. The SMILES string of the molecule is CC(C)NC(=O)c1ccc2ccc(-c3nnc4ccc(C(N5CCC(N)C5)C(F)(F)F)cn34)nc2c1.Cl.Cl. The van der Waals surface area contributed by atoms with Gasteiger partial charge in [-0.1, -0.05) is 18.2 Å². The molecule has 3 aromatic heterocycles. The minimum atomic E-state index is -4.47. The smallest absolute Gasteiger partial charge is 0.350 e. The summed E-state index contributed by atoms with van der Waals surface area (Å²) in [6.45, 7) is 4.20. The highest BCUT2D eigenvalue weighted by Crippen LogP contribution is 2.39. The number of alkyl halides is 3. The molecule has 1 aliphatic rings. The number of carbonyl (C=O) groups is 1. The topological polar surface area (TPSA) is 101 Å². The van der Waals surface area contributed by atoms with E-state index >= 15 is 0 Å². The summed E-state index contributed by atoms with van der Waals surface area (Å²) in [5.41, 5.74) is 7.83. The summed E-state index contributed by atoms with van der Waals surface area (Å²) in [5.74, 6) is 0.0985. The van der Waals surface area contributed by atoms with E-state index in [1.165, 1.54) is 27.6 Å². The summed E-state index contributed by atoms with van der Waals surface area (Å²) < 4.78 is 43.9. The first kappa shape index (κ1) is 29.6. The average Bonchev–Trinajstić information content (AvgIpc) is 3.43. The Labute approximate surface area is 229 Å². The molecule has 1 aromatic carbocycles. The van der Waals surface area contributed by atoms with Crippen molar-refractivity contribution in [3.05, 3.63) is 59.8 Å². The first-order valence-corrected chi connectivity index (χ1v) is 11.7. The van der Waals surface area contributed by atoms with Crippen LogP contribution in [0.1, 0.15) is 42.2 Å². The predicted octanol–water partition coefficient (Wildman–Crippen LogP) is 4.56. The average molecular weight is 570 g/mol. The van der Waals surface area contributed by atoms with E-state index < -0.39 is 12.2 Å². The van der Waals surface area contributed by atoms with E-state index in [1.54, 1.807) is 24.3 Å². The van der Waals surface area contributed by atoms with Crippen LogP contribution in [0, 0.1) is 0 Å². The summed E-state index contributed by atoms with van der Waals surface area (Å²) in [6.07, 6.45) is -2.53. The van der Waals surface area contributed by atoms with E-state index in [-0.39, 0.29) is 61.5 Å². The fourth-order valence-corrected chi connectivity index (χ4v) is 4.63. The lowest BCUT2D eigenvalue weighted by Crippen LogP contribution is -2.38. The standard InChI is InChI=1S/C25H26F3N7O.2ClH/c1-14(2)30-24(36)16-4-3-15-5-7-19(31-20(15)11-16)23-33-32-21-8-6-17(12-35(21)23)22(25(26,27)28)34-10-9-18(29)13-34;;/h3-8,11-12,14,18,22H,9-10,13,29H2,1-2H3,(H,30,36);2*1H. The Balaban J connectivity index is 0.00000200. The van der Waals surface area contributed by atoms with Crippen molar-refractivity contribution in [1.82, 2.24) is 29.8 Å². The first-order chi connectivity index (χ1) is 17.1. The number of nitrogens with two attached hydrogens (primary N) is 1. The molecule has 204 valence electrons. The van der Waals surface area contributed by atoms with Crippen LogP contribution in [-0.2, 0) is 0 Å². The van der Waals surface area contributed by atoms with Crippen LogP contribution in [-0.4, -0.2) is 61.7 Å². The molecule has 4 heterocycles. The number of hydrogen-bond donors (Lipinski definition) is 2. The van der Waals surface area contributed by atoms with Crippen molar-refractivity contribution in [3.63, 3.8) is 0 Å². The van der Waals surface area contributed by atoms with Crippen molar-refractivity contribution in [3.8, 4) is 11.5 Å². The number of halogens is 5. The molecule has 13 heteroatoms. The second-order valence-corrected chi connectivity index (χ2v) is 9.43. The van der Waals surface area contributed by atoms with Gasteiger partial charge in [0.05, 0.1) is 5.52 Å². The van der Waals surface area contributed by atoms with Gasteiger partial charge in [-0.2, -0.15) is 13.2 Å². The number of amides is 1. The van der Waals surface area contributed by atoms with Crippen LogP contribution in [0.5, 0.6) is 0 Å². The number of rotatable bonds is 5. The molecule has 2 unspecified atom stereocenters. The van der Waals surface area contributed by atoms with Crippen molar-refractivity contribution in [2.75, 3.05) is 13.1 Å². The lowest BCUT2D eigenvalue weighted by Gasteiger charge is -2.30. The third-order valence-electron chi connectivity index (χ3n) is 6.28. The third kappa shape index (κ3) is 5.85. The van der Waals surface area contributed by atoms with E-state index in [4.69, 9.17) is 5.73 Å². The van der Waals surface area contributed by atoms with Gasteiger partial charge in [-0.15, -0.1) is 35.0 Å². The molecule has 4 aromatic rings. The summed E-state index contributed by atoms with van der Waals surface area (Å²) in [5, 5.41) is 12.0. The van der Waals surface area contributed by atoms with Crippen LogP contribution < -0.4 is 11.1 Å². The third-order valence-corrected chi connectivity index (χ3v) is 6.28. The van der Waals surface area contributed by atoms with Crippen molar-refractivity contribution < 1.29 is 18.0 Å². The number of likely N-dealkylation sites (tertiary alicyclic amines) is 1. The van der Waals surface area contributed by atoms with Gasteiger partial charge in [0.25, 0.3) is 5.91 Å². The maximum atomic E-state index is 14.1. The van der Waals surface area contributed by atoms with Crippen molar-refractivity contribution in [2.45, 2.75) is 44.6 Å². The van der Waals surface area contributed by atoms with Gasteiger partial charge in [0.2, 0.25) is 0 Å². The molecule has 2 atom stereocenters. The zero-order valence-electron chi connectivity index (χ0n) is 20.6. The molecule has 1 aliphatic heterocycles. The second kappa shape index (κ2) is 11.4. The number of hydrogen-bond acceptors (Lipinski definition) is 6. The van der Waals surface area contributed by atoms with Gasteiger partial charge < -0.3 is 11.1 Å². The highest BCUT2D eigenvalue weighted by molar-refractivity contribution is 5.98. The van der Waals surface area contributed by atoms with E-state index in [0.29, 0.717) is 34.7 Å². The molecule has 5 rings (SSSR count). The molecule has 0 saturated carbocycles. The number of nitrogens with one attached hydrogen (secondary N) is 1. The normalized spacial score (nSPS) is 16.9. The maximum Gasteiger partial charge on any atom is 0.408 e. The van der Waals surface area contributed by atoms with Crippen LogP contribution in [0.4, 0.5) is 13.2 Å². The van der Waals surface area contributed by atoms with Crippen LogP contribution in [0.2, 0.25) is 0 Å². The van der Waals surface area contributed by atoms with Crippen molar-refractivity contribution in [1.29, 1.82) is 0 Å². The van der Waals surface area contributed by atoms with Crippen LogP contribution >= 0.6 is 24.8 Å². The van der Waals surface area contributed by atoms with Gasteiger partial charge in [-0.3, -0.25) is 14.1 Å². The number of carbonyl (C=O) groups excluding carboxylic acids is 1. The summed E-state index contributed by atoms with van der Waals surface area (Å²) in [7, 11) is 0. The number of nitrogens with zero attached hydrogens (tertiary/aromatic N) is 5. The minimum absolute atomic E-state index is 0. The molecule has 38 heavy (non-hydrogen) atoms. The zero-order chi connectivity index (χ0) is 25.6. The molecular weight excluding hydrogens is 542 g/mol. The van der Waals surface area contributed by atoms with E-state index in [9.17, 15) is 18.0 Å². The summed E-state index contributed by atoms with van der Waals surface area (Å²) in [6, 6.07) is 9.66. The summed E-state index contributed by atoms with van der Waals surface area (Å²) in [4.78, 5) is 18.4. The number of pyridine rings is 2. The maximum absolute atomic E-state index is 14.1. The van der Waals surface area contributed by atoms with Crippen molar-refractivity contribution >= 4 is 47.3 Å². The quantitative estimate of drug-likeness (QED) is 0.365. The van der Waals surface area contributed by atoms with Gasteiger partial charge in [-0.25, -0.2) is 4.98 Å². The molecule has 0 spiro atoms. The highest BCUT2D eigenvalue weighted by atomic mass is 35.5. The molecule has 8 nitrogen and oxygen atoms in total. The van der Waals surface area contributed by atoms with Gasteiger partial charge >= 0.3 is 6.18 Å². The molecule has 1 saturated heterocycles. The van der Waals surface area contributed by atoms with E-state index in [2.05, 4.69) is 20.5 Å². The van der Waals surface area contributed by atoms with Gasteiger partial charge in [0, 0.05) is 42.3 Å². The molecule has 3 N–H and O–H groups in total. The molecule has 0 radical (unpaired) electrons. The van der Waals surface area contributed by atoms with E-state index in [0.717, 1.165) is 5.39 Å². The Morgan fingerprint density at radius 1 is 1.11 bits per heavy atom. The largest absolute Gasteiger partial charge is 0.408 e. The highest BCUT2D eigenvalue weighted by Gasteiger charge is 2.46. The second-order valence-electron chi connectivity index (χ2n) is 9.43. The van der Waals surface area contributed by atoms with Crippen LogP contribution in [0.25, 0.3) is 28.1 Å². The Bertz CT molecular complexity index is 1440. The molecule has 1 fully saturated rings. The van der Waals surface area contributed by atoms with Crippen LogP contribution in [0.15, 0.2) is 48.7 Å². The van der Waals surface area contributed by atoms with Crippen LogP contribution in [0.3, 0.4) is 0 Å². The Hall–Kier alpha value is -2.99. The molecule has 1 amide bonds. The zero-order valence-corrected chi connectivity index (χ0v) is 22.3. The lowest BCUT2D eigenvalue weighted by atomic mass is 10.1. The first-order valence-electron chi connectivity index (χ1n) is 11.7. The Morgan fingerprint density at radius 2 is 1.84 bits per heavy atom. The monoisotopic (exact) mass is 569 g/mol. The Kier molecular flexibility index (Phi) is 8.87. The minimum Gasteiger partial charge on any atom is -0.350 e.